The molecule has 4 aromatic rings. The van der Waals surface area contributed by atoms with Crippen LogP contribution in [0.5, 0.6) is 0 Å². The minimum Gasteiger partial charge on any atom is -0.475 e. The molecule has 65 heavy (non-hydrogen) atoms. The molecule has 0 spiro atoms. The third kappa shape index (κ3) is 17.1. The van der Waals surface area contributed by atoms with Gasteiger partial charge in [-0.25, -0.2) is 14.4 Å². The van der Waals surface area contributed by atoms with E-state index in [1.807, 2.05) is 76.2 Å². The number of aliphatic carboxylic acids is 1. The van der Waals surface area contributed by atoms with Gasteiger partial charge in [0.25, 0.3) is 5.91 Å². The van der Waals surface area contributed by atoms with Crippen LogP contribution in [0.15, 0.2) is 66.9 Å². The van der Waals surface area contributed by atoms with Crippen LogP contribution in [0.3, 0.4) is 0 Å². The minimum absolute atomic E-state index is 0.168. The van der Waals surface area contributed by atoms with Crippen molar-refractivity contribution in [2.24, 2.45) is 11.8 Å². The molecule has 19 heteroatoms. The number of carbonyl (C=O) groups excluding carboxylic acids is 5. The molecule has 352 valence electrons. The van der Waals surface area contributed by atoms with Crippen LogP contribution in [-0.4, -0.2) is 94.2 Å². The van der Waals surface area contributed by atoms with Gasteiger partial charge in [0.05, 0.1) is 11.7 Å². The molecule has 1 saturated carbocycles. The maximum Gasteiger partial charge on any atom is 0.490 e. The normalized spacial score (nSPS) is 15.6. The van der Waals surface area contributed by atoms with Crippen molar-refractivity contribution in [1.82, 2.24) is 31.5 Å². The Morgan fingerprint density at radius 3 is 1.98 bits per heavy atom. The summed E-state index contributed by atoms with van der Waals surface area (Å²) in [5, 5.41) is 29.4. The van der Waals surface area contributed by atoms with Gasteiger partial charge >= 0.3 is 24.3 Å². The molecule has 3 aromatic carbocycles. The highest BCUT2D eigenvalue weighted by atomic mass is 19.4. The number of hydrogen-bond donors (Lipinski definition) is 7. The van der Waals surface area contributed by atoms with Crippen LogP contribution < -0.4 is 26.6 Å². The van der Waals surface area contributed by atoms with Crippen LogP contribution in [0.1, 0.15) is 88.7 Å². The molecular formula is C46H58F3N7O9. The number of carboxylic acids is 1. The number of fused-ring (bicyclic) bond motifs is 1. The number of ether oxygens (including phenoxy) is 2. The van der Waals surface area contributed by atoms with Crippen LogP contribution in [0.2, 0.25) is 0 Å². The minimum atomic E-state index is -5.08. The van der Waals surface area contributed by atoms with Crippen molar-refractivity contribution in [3.8, 4) is 11.1 Å². The monoisotopic (exact) mass is 909 g/mol. The summed E-state index contributed by atoms with van der Waals surface area (Å²) in [7, 11) is 0. The molecule has 1 atom stereocenters. The Labute approximate surface area is 375 Å². The second kappa shape index (κ2) is 22.3. The largest absolute Gasteiger partial charge is 0.490 e. The Morgan fingerprint density at radius 1 is 0.800 bits per heavy atom. The zero-order valence-corrected chi connectivity index (χ0v) is 37.5. The maximum absolute atomic E-state index is 13.8. The van der Waals surface area contributed by atoms with Crippen LogP contribution in [-0.2, 0) is 30.3 Å². The number of anilines is 1. The summed E-state index contributed by atoms with van der Waals surface area (Å²) in [4.78, 5) is 73.2. The molecule has 0 bridgehead atoms. The molecule has 0 radical (unpaired) electrons. The first-order chi connectivity index (χ1) is 30.4. The highest BCUT2D eigenvalue weighted by molar-refractivity contribution is 5.99. The van der Waals surface area contributed by atoms with Gasteiger partial charge in [-0.1, -0.05) is 30.3 Å². The molecule has 0 aliphatic heterocycles. The Kier molecular flexibility index (Phi) is 17.5. The van der Waals surface area contributed by atoms with Crippen molar-refractivity contribution in [3.05, 3.63) is 83.6 Å². The lowest BCUT2D eigenvalue weighted by molar-refractivity contribution is -0.192. The summed E-state index contributed by atoms with van der Waals surface area (Å²) in [6.07, 6.45) is -1.25. The predicted octanol–water partition coefficient (Wildman–Crippen LogP) is 7.42. The Morgan fingerprint density at radius 2 is 1.40 bits per heavy atom. The van der Waals surface area contributed by atoms with Gasteiger partial charge in [-0.3, -0.25) is 19.5 Å². The maximum atomic E-state index is 13.8. The summed E-state index contributed by atoms with van der Waals surface area (Å²) < 4.78 is 42.3. The number of aromatic amines is 1. The third-order valence-corrected chi connectivity index (χ3v) is 10.0. The molecule has 0 unspecified atom stereocenters. The second-order valence-corrected chi connectivity index (χ2v) is 17.7. The fourth-order valence-corrected chi connectivity index (χ4v) is 6.86. The number of alkyl carbamates (subject to hydrolysis) is 2. The van der Waals surface area contributed by atoms with Gasteiger partial charge in [0.15, 0.2) is 0 Å². The Hall–Kier alpha value is -6.66. The highest BCUT2D eigenvalue weighted by Crippen LogP contribution is 2.30. The average Bonchev–Trinajstić information content (AvgIpc) is 3.68. The van der Waals surface area contributed by atoms with E-state index in [2.05, 4.69) is 36.8 Å². The SMILES string of the molecule is Cc1cc(C(=O)NCCNC(=O)OC(C)(C)C)ccc1-c1ccc(C[C@H](NC(=O)C2CCC(CNC(=O)OC(C)(C)C)CC2)C(=O)Nc2ccc3cn[nH]c3c2)cc1.O=C(O)C(F)(F)F. The molecule has 1 fully saturated rings. The molecule has 5 rings (SSSR count). The van der Waals surface area contributed by atoms with E-state index in [0.29, 0.717) is 30.6 Å². The Balaban J connectivity index is 0.00000122. The van der Waals surface area contributed by atoms with Crippen LogP contribution in [0.25, 0.3) is 22.0 Å². The van der Waals surface area contributed by atoms with Crippen molar-refractivity contribution in [1.29, 1.82) is 0 Å². The van der Waals surface area contributed by atoms with E-state index < -0.39 is 41.6 Å². The van der Waals surface area contributed by atoms with Crippen LogP contribution >= 0.6 is 0 Å². The summed E-state index contributed by atoms with van der Waals surface area (Å²) in [6.45, 7) is 13.7. The van der Waals surface area contributed by atoms with E-state index in [-0.39, 0.29) is 49.1 Å². The summed E-state index contributed by atoms with van der Waals surface area (Å²) in [6, 6.07) is 17.9. The standard InChI is InChI=1S/C44H57N7O7.C2HF3O2/c1-27-22-32(38(52)45-20-21-46-41(55)57-43(2,3)4)17-19-35(27)30-12-8-28(9-13-30)23-37(40(54)49-34-18-16-33-26-48-51-36(33)24-34)50-39(53)31-14-10-29(11-15-31)25-47-42(56)58-44(5,6)7;3-2(4,5)1(6)7/h8-9,12-13,16-19,22,24,26,29,31,37H,10-11,14-15,20-21,23,25H2,1-7H3,(H,45,52)(H,46,55)(H,47,56)(H,48,51)(H,49,54)(H,50,53);(H,6,7)/t29?,31?,37-;/m0./s1. The van der Waals surface area contributed by atoms with E-state index in [4.69, 9.17) is 19.4 Å². The molecule has 1 aliphatic carbocycles. The fourth-order valence-electron chi connectivity index (χ4n) is 6.86. The zero-order valence-electron chi connectivity index (χ0n) is 37.5. The van der Waals surface area contributed by atoms with E-state index in [1.165, 1.54) is 0 Å². The molecule has 1 aliphatic rings. The number of nitrogens with zero attached hydrogens (tertiary/aromatic N) is 1. The van der Waals surface area contributed by atoms with Gasteiger partial charge < -0.3 is 41.2 Å². The summed E-state index contributed by atoms with van der Waals surface area (Å²) in [5.74, 6) is -3.53. The van der Waals surface area contributed by atoms with Gasteiger partial charge in [0, 0.05) is 48.6 Å². The molecule has 16 nitrogen and oxygen atoms in total. The zero-order chi connectivity index (χ0) is 48.1. The third-order valence-electron chi connectivity index (χ3n) is 10.0. The highest BCUT2D eigenvalue weighted by Gasteiger charge is 2.38. The van der Waals surface area contributed by atoms with Crippen molar-refractivity contribution < 1.29 is 56.5 Å². The molecular weight excluding hydrogens is 852 g/mol. The van der Waals surface area contributed by atoms with Crippen molar-refractivity contribution in [3.63, 3.8) is 0 Å². The number of nitrogens with one attached hydrogen (secondary N) is 6. The number of amides is 5. The van der Waals surface area contributed by atoms with E-state index in [1.54, 1.807) is 39.1 Å². The van der Waals surface area contributed by atoms with Crippen molar-refractivity contribution in [2.75, 3.05) is 25.0 Å². The number of benzene rings is 3. The number of carboxylic acid groups (broad SMARTS) is 1. The van der Waals surface area contributed by atoms with E-state index in [0.717, 1.165) is 46.0 Å². The summed E-state index contributed by atoms with van der Waals surface area (Å²) >= 11 is 0. The lowest BCUT2D eigenvalue weighted by Crippen LogP contribution is -2.48. The average molecular weight is 910 g/mol. The number of hydrogen-bond acceptors (Lipinski definition) is 9. The number of aromatic nitrogens is 2. The second-order valence-electron chi connectivity index (χ2n) is 17.7. The number of H-pyrrole nitrogens is 1. The molecule has 1 aromatic heterocycles. The lowest BCUT2D eigenvalue weighted by Gasteiger charge is -2.29. The van der Waals surface area contributed by atoms with Gasteiger partial charge in [-0.2, -0.15) is 18.3 Å². The topological polar surface area (TPSA) is 230 Å². The molecule has 7 N–H and O–H groups in total. The Bertz CT molecular complexity index is 2290. The predicted molar refractivity (Wildman–Crippen MR) is 237 cm³/mol. The number of halogens is 3. The number of rotatable bonds is 13. The number of aryl methyl sites for hydroxylation is 1. The van der Waals surface area contributed by atoms with Gasteiger partial charge in [-0.15, -0.1) is 0 Å². The fraction of sp³-hybridized carbons (Fsp3) is 0.457. The van der Waals surface area contributed by atoms with Gasteiger partial charge in [0.1, 0.15) is 17.2 Å². The van der Waals surface area contributed by atoms with Crippen LogP contribution in [0, 0.1) is 18.8 Å². The molecule has 1 heterocycles. The molecule has 0 saturated heterocycles. The van der Waals surface area contributed by atoms with Gasteiger partial charge in [-0.05, 0) is 133 Å². The van der Waals surface area contributed by atoms with Crippen molar-refractivity contribution in [2.45, 2.75) is 104 Å². The van der Waals surface area contributed by atoms with E-state index >= 15 is 0 Å². The quantitative estimate of drug-likeness (QED) is 0.0657. The van der Waals surface area contributed by atoms with Crippen LogP contribution in [0.4, 0.5) is 28.4 Å². The first kappa shape index (κ1) is 51.0. The molecule has 5 amide bonds. The van der Waals surface area contributed by atoms with Gasteiger partial charge in [0.2, 0.25) is 11.8 Å². The lowest BCUT2D eigenvalue weighted by atomic mass is 9.81. The number of carbonyl (C=O) groups is 6. The van der Waals surface area contributed by atoms with Crippen molar-refractivity contribution >= 4 is 52.5 Å². The number of alkyl halides is 3. The summed E-state index contributed by atoms with van der Waals surface area (Å²) in [5.41, 5.74) is 4.33. The van der Waals surface area contributed by atoms with E-state index in [9.17, 15) is 37.1 Å². The first-order valence-electron chi connectivity index (χ1n) is 21.1. The smallest absolute Gasteiger partial charge is 0.475 e. The first-order valence-corrected chi connectivity index (χ1v) is 21.1.